The van der Waals surface area contributed by atoms with Crippen molar-refractivity contribution in [3.8, 4) is 0 Å². The Bertz CT molecular complexity index is 931. The number of carbonyl (C=O) groups excluding carboxylic acids is 1. The van der Waals surface area contributed by atoms with Gasteiger partial charge in [-0.25, -0.2) is 4.79 Å². The van der Waals surface area contributed by atoms with Gasteiger partial charge in [-0.15, -0.1) is 0 Å². The highest BCUT2D eigenvalue weighted by Crippen LogP contribution is 2.46. The molecule has 3 rings (SSSR count). The normalized spacial score (nSPS) is 18.0. The Hall–Kier alpha value is -2.66. The number of carbonyl (C=O) groups is 2. The first-order valence-electron chi connectivity index (χ1n) is 9.57. The Morgan fingerprint density at radius 2 is 1.61 bits per heavy atom. The maximum Gasteiger partial charge on any atom is 0.337 e. The number of anilines is 1. The highest BCUT2D eigenvalue weighted by Gasteiger charge is 2.37. The first-order chi connectivity index (χ1) is 13.0. The second-order valence-corrected chi connectivity index (χ2v) is 8.89. The van der Waals surface area contributed by atoms with Crippen molar-refractivity contribution in [1.82, 2.24) is 0 Å². The summed E-state index contributed by atoms with van der Waals surface area (Å²) in [6.45, 7) is 8.94. The molecule has 2 aromatic carbocycles. The largest absolute Gasteiger partial charge is 0.478 e. The molecule has 148 valence electrons. The van der Waals surface area contributed by atoms with Crippen LogP contribution >= 0.6 is 0 Å². The van der Waals surface area contributed by atoms with Gasteiger partial charge in [0.1, 0.15) is 6.04 Å². The maximum absolute atomic E-state index is 12.7. The molecule has 1 aliphatic carbocycles. The summed E-state index contributed by atoms with van der Waals surface area (Å²) in [5.41, 5.74) is 9.91. The fourth-order valence-electron chi connectivity index (χ4n) is 3.94. The number of benzene rings is 2. The van der Waals surface area contributed by atoms with E-state index >= 15 is 0 Å². The zero-order chi connectivity index (χ0) is 20.7. The van der Waals surface area contributed by atoms with Crippen molar-refractivity contribution >= 4 is 17.6 Å². The van der Waals surface area contributed by atoms with Gasteiger partial charge in [0.05, 0.1) is 11.3 Å². The van der Waals surface area contributed by atoms with Gasteiger partial charge in [0.15, 0.2) is 0 Å². The van der Waals surface area contributed by atoms with Crippen molar-refractivity contribution in [2.45, 2.75) is 57.4 Å². The van der Waals surface area contributed by atoms with Crippen LogP contribution in [-0.4, -0.2) is 17.0 Å². The van der Waals surface area contributed by atoms with Gasteiger partial charge in [0, 0.05) is 0 Å². The second kappa shape index (κ2) is 7.06. The van der Waals surface area contributed by atoms with Crippen LogP contribution in [0.15, 0.2) is 42.5 Å². The predicted molar refractivity (Wildman–Crippen MR) is 111 cm³/mol. The van der Waals surface area contributed by atoms with E-state index in [-0.39, 0.29) is 22.1 Å². The molecular formula is C23H28N2O3. The van der Waals surface area contributed by atoms with Gasteiger partial charge >= 0.3 is 5.97 Å². The van der Waals surface area contributed by atoms with Gasteiger partial charge in [0.2, 0.25) is 5.91 Å². The number of carboxylic acid groups (broad SMARTS) is 1. The van der Waals surface area contributed by atoms with E-state index in [1.807, 2.05) is 12.1 Å². The molecular weight excluding hydrogens is 352 g/mol. The molecule has 1 unspecified atom stereocenters. The van der Waals surface area contributed by atoms with E-state index in [0.29, 0.717) is 0 Å². The average molecular weight is 380 g/mol. The lowest BCUT2D eigenvalue weighted by molar-refractivity contribution is -0.117. The van der Waals surface area contributed by atoms with E-state index in [1.165, 1.54) is 17.2 Å². The summed E-state index contributed by atoms with van der Waals surface area (Å²) < 4.78 is 0. The van der Waals surface area contributed by atoms with E-state index < -0.39 is 17.9 Å². The van der Waals surface area contributed by atoms with Crippen molar-refractivity contribution in [2.75, 3.05) is 5.32 Å². The molecule has 4 N–H and O–H groups in total. The Morgan fingerprint density at radius 3 is 2.25 bits per heavy atom. The monoisotopic (exact) mass is 380 g/mol. The van der Waals surface area contributed by atoms with Crippen molar-refractivity contribution < 1.29 is 14.7 Å². The summed E-state index contributed by atoms with van der Waals surface area (Å²) in [5.74, 6) is -1.52. The number of nitrogens with one attached hydrogen (secondary N) is 1. The number of hydrogen-bond donors (Lipinski definition) is 3. The number of aromatic carboxylic acids is 1. The number of fused-ring (bicyclic) bond motifs is 1. The van der Waals surface area contributed by atoms with E-state index in [2.05, 4.69) is 39.1 Å². The summed E-state index contributed by atoms with van der Waals surface area (Å²) in [7, 11) is 0. The molecule has 0 fully saturated rings. The molecule has 0 heterocycles. The molecule has 0 radical (unpaired) electrons. The van der Waals surface area contributed by atoms with Crippen LogP contribution in [0.3, 0.4) is 0 Å². The van der Waals surface area contributed by atoms with Crippen LogP contribution in [0.2, 0.25) is 0 Å². The molecule has 28 heavy (non-hydrogen) atoms. The third-order valence-corrected chi connectivity index (χ3v) is 5.93. The SMILES string of the molecule is CC1(C)CCC(C)(C)c2cc(C(N)C(=O)Nc3ccccc3C(=O)O)ccc21. The molecule has 2 aromatic rings. The van der Waals surface area contributed by atoms with Gasteiger partial charge in [-0.05, 0) is 52.5 Å². The minimum atomic E-state index is -1.10. The van der Waals surface area contributed by atoms with Crippen LogP contribution in [0.4, 0.5) is 5.69 Å². The van der Waals surface area contributed by atoms with E-state index in [4.69, 9.17) is 5.73 Å². The smallest absolute Gasteiger partial charge is 0.337 e. The van der Waals surface area contributed by atoms with Crippen LogP contribution in [0.1, 0.15) is 73.6 Å². The van der Waals surface area contributed by atoms with E-state index in [9.17, 15) is 14.7 Å². The fraction of sp³-hybridized carbons (Fsp3) is 0.391. The van der Waals surface area contributed by atoms with E-state index in [1.54, 1.807) is 18.2 Å². The number of rotatable bonds is 4. The average Bonchev–Trinajstić information content (AvgIpc) is 2.65. The van der Waals surface area contributed by atoms with Crippen molar-refractivity contribution in [1.29, 1.82) is 0 Å². The maximum atomic E-state index is 12.7. The fourth-order valence-corrected chi connectivity index (χ4v) is 3.94. The zero-order valence-corrected chi connectivity index (χ0v) is 16.9. The van der Waals surface area contributed by atoms with Gasteiger partial charge in [-0.2, -0.15) is 0 Å². The molecule has 1 amide bonds. The summed E-state index contributed by atoms with van der Waals surface area (Å²) in [6.07, 6.45) is 2.19. The highest BCUT2D eigenvalue weighted by atomic mass is 16.4. The molecule has 0 aliphatic heterocycles. The number of carboxylic acids is 1. The van der Waals surface area contributed by atoms with Crippen LogP contribution < -0.4 is 11.1 Å². The number of nitrogens with two attached hydrogens (primary N) is 1. The lowest BCUT2D eigenvalue weighted by atomic mass is 9.63. The lowest BCUT2D eigenvalue weighted by Gasteiger charge is -2.42. The Kier molecular flexibility index (Phi) is 5.06. The standard InChI is InChI=1S/C23H28N2O3/c1-22(2)11-12-23(3,4)17-13-14(9-10-16(17)22)19(24)20(26)25-18-8-6-5-7-15(18)21(27)28/h5-10,13,19H,11-12,24H2,1-4H3,(H,25,26)(H,27,28). The molecule has 1 atom stereocenters. The molecule has 0 saturated heterocycles. The van der Waals surface area contributed by atoms with Crippen LogP contribution in [0.25, 0.3) is 0 Å². The summed E-state index contributed by atoms with van der Waals surface area (Å²) in [5, 5.41) is 12.0. The van der Waals surface area contributed by atoms with E-state index in [0.717, 1.165) is 18.4 Å². The molecule has 0 saturated carbocycles. The van der Waals surface area contributed by atoms with Crippen molar-refractivity contribution in [3.63, 3.8) is 0 Å². The van der Waals surface area contributed by atoms with Crippen molar-refractivity contribution in [3.05, 3.63) is 64.7 Å². The van der Waals surface area contributed by atoms with Crippen molar-refractivity contribution in [2.24, 2.45) is 5.73 Å². The summed E-state index contributed by atoms with van der Waals surface area (Å²) in [4.78, 5) is 24.1. The second-order valence-electron chi connectivity index (χ2n) is 8.89. The highest BCUT2D eigenvalue weighted by molar-refractivity contribution is 6.02. The number of hydrogen-bond acceptors (Lipinski definition) is 3. The van der Waals surface area contributed by atoms with Crippen LogP contribution in [0, 0.1) is 0 Å². The number of para-hydroxylation sites is 1. The molecule has 5 nitrogen and oxygen atoms in total. The molecule has 5 heteroatoms. The third kappa shape index (κ3) is 3.67. The van der Waals surface area contributed by atoms with Gasteiger partial charge < -0.3 is 16.2 Å². The zero-order valence-electron chi connectivity index (χ0n) is 16.9. The molecule has 1 aliphatic rings. The minimum absolute atomic E-state index is 0.0208. The first kappa shape index (κ1) is 20.1. The Balaban J connectivity index is 1.90. The first-order valence-corrected chi connectivity index (χ1v) is 9.57. The number of amides is 1. The van der Waals surface area contributed by atoms with Crippen LogP contribution in [-0.2, 0) is 15.6 Å². The minimum Gasteiger partial charge on any atom is -0.478 e. The van der Waals surface area contributed by atoms with Crippen LogP contribution in [0.5, 0.6) is 0 Å². The Labute approximate surface area is 166 Å². The molecule has 0 aromatic heterocycles. The topological polar surface area (TPSA) is 92.4 Å². The Morgan fingerprint density at radius 1 is 1.00 bits per heavy atom. The van der Waals surface area contributed by atoms with Gasteiger partial charge in [0.25, 0.3) is 0 Å². The summed E-state index contributed by atoms with van der Waals surface area (Å²) >= 11 is 0. The lowest BCUT2D eigenvalue weighted by Crippen LogP contribution is -2.35. The van der Waals surface area contributed by atoms with Gasteiger partial charge in [-0.3, -0.25) is 4.79 Å². The van der Waals surface area contributed by atoms with Gasteiger partial charge in [-0.1, -0.05) is 58.0 Å². The summed E-state index contributed by atoms with van der Waals surface area (Å²) in [6, 6.07) is 11.5. The third-order valence-electron chi connectivity index (χ3n) is 5.93. The quantitative estimate of drug-likeness (QED) is 0.734. The molecule has 0 spiro atoms. The predicted octanol–water partition coefficient (Wildman–Crippen LogP) is 4.37. The molecule has 0 bridgehead atoms.